The molecule has 0 fully saturated rings. The molecule has 6 heteroatoms. The number of thioether (sulfide) groups is 1. The van der Waals surface area contributed by atoms with E-state index in [0.717, 1.165) is 36.0 Å². The van der Waals surface area contributed by atoms with E-state index in [4.69, 9.17) is 4.42 Å². The third-order valence-electron chi connectivity index (χ3n) is 3.40. The van der Waals surface area contributed by atoms with Crippen LogP contribution in [0.1, 0.15) is 17.7 Å². The maximum Gasteiger partial charge on any atom is 0.191 e. The lowest BCUT2D eigenvalue weighted by molar-refractivity contribution is 0.534. The van der Waals surface area contributed by atoms with Gasteiger partial charge in [-0.15, -0.1) is 24.0 Å². The summed E-state index contributed by atoms with van der Waals surface area (Å²) in [5.74, 6) is 2.94. The van der Waals surface area contributed by atoms with Crippen LogP contribution in [0.2, 0.25) is 0 Å². The minimum atomic E-state index is 0. The minimum Gasteiger partial charge on any atom is -0.459 e. The molecule has 0 spiro atoms. The van der Waals surface area contributed by atoms with Gasteiger partial charge in [-0.25, -0.2) is 0 Å². The zero-order chi connectivity index (χ0) is 15.1. The van der Waals surface area contributed by atoms with Crippen LogP contribution in [0.3, 0.4) is 0 Å². The molecule has 0 aliphatic carbocycles. The standard InChI is InChI=1S/C16H23N3OS.HI/c1-12-13-7-4-5-8-14(13)20-15(12)11-19-16(17-2)18-9-6-10-21-3;/h4-5,7-8H,6,9-11H2,1-3H3,(H2,17,18,19);1H. The molecule has 0 saturated heterocycles. The molecular weight excluding hydrogens is 409 g/mol. The first-order valence-electron chi connectivity index (χ1n) is 7.16. The smallest absolute Gasteiger partial charge is 0.191 e. The molecule has 0 saturated carbocycles. The predicted octanol–water partition coefficient (Wildman–Crippen LogP) is 3.78. The Labute approximate surface area is 153 Å². The molecule has 0 radical (unpaired) electrons. The Balaban J connectivity index is 0.00000242. The number of fused-ring (bicyclic) bond motifs is 1. The van der Waals surface area contributed by atoms with Crippen molar-refractivity contribution in [3.63, 3.8) is 0 Å². The van der Waals surface area contributed by atoms with Gasteiger partial charge in [0.2, 0.25) is 0 Å². The highest BCUT2D eigenvalue weighted by molar-refractivity contribution is 14.0. The van der Waals surface area contributed by atoms with Crippen LogP contribution >= 0.6 is 35.7 Å². The van der Waals surface area contributed by atoms with Gasteiger partial charge in [-0.2, -0.15) is 11.8 Å². The summed E-state index contributed by atoms with van der Waals surface area (Å²) in [6, 6.07) is 8.12. The molecule has 1 aromatic carbocycles. The molecule has 2 rings (SSSR count). The van der Waals surface area contributed by atoms with Gasteiger partial charge in [-0.05, 0) is 31.4 Å². The van der Waals surface area contributed by atoms with Crippen LogP contribution in [0, 0.1) is 6.92 Å². The van der Waals surface area contributed by atoms with E-state index in [9.17, 15) is 0 Å². The van der Waals surface area contributed by atoms with E-state index >= 15 is 0 Å². The predicted molar refractivity (Wildman–Crippen MR) is 108 cm³/mol. The second-order valence-electron chi connectivity index (χ2n) is 4.85. The molecule has 0 bridgehead atoms. The van der Waals surface area contributed by atoms with Gasteiger partial charge in [-0.3, -0.25) is 4.99 Å². The van der Waals surface area contributed by atoms with Crippen LogP contribution in [0.25, 0.3) is 11.0 Å². The van der Waals surface area contributed by atoms with Gasteiger partial charge in [0.25, 0.3) is 0 Å². The fraction of sp³-hybridized carbons (Fsp3) is 0.438. The summed E-state index contributed by atoms with van der Waals surface area (Å²) in [7, 11) is 1.79. The molecular formula is C16H24IN3OS. The van der Waals surface area contributed by atoms with Crippen LogP contribution in [0.15, 0.2) is 33.7 Å². The van der Waals surface area contributed by atoms with Crippen LogP contribution in [-0.2, 0) is 6.54 Å². The van der Waals surface area contributed by atoms with E-state index in [0.29, 0.717) is 6.54 Å². The lowest BCUT2D eigenvalue weighted by atomic mass is 10.1. The summed E-state index contributed by atoms with van der Waals surface area (Å²) in [5, 5.41) is 7.79. The van der Waals surface area contributed by atoms with E-state index in [-0.39, 0.29) is 24.0 Å². The highest BCUT2D eigenvalue weighted by Crippen LogP contribution is 2.24. The van der Waals surface area contributed by atoms with Crippen molar-refractivity contribution in [2.75, 3.05) is 25.6 Å². The highest BCUT2D eigenvalue weighted by Gasteiger charge is 2.09. The monoisotopic (exact) mass is 433 g/mol. The highest BCUT2D eigenvalue weighted by atomic mass is 127. The summed E-state index contributed by atoms with van der Waals surface area (Å²) in [6.45, 7) is 3.67. The normalized spacial score (nSPS) is 11.3. The Hall–Kier alpha value is -0.890. The third kappa shape index (κ3) is 5.08. The molecule has 22 heavy (non-hydrogen) atoms. The van der Waals surface area contributed by atoms with Gasteiger partial charge >= 0.3 is 0 Å². The Bertz CT molecular complexity index is 612. The van der Waals surface area contributed by atoms with Gasteiger partial charge in [0.1, 0.15) is 11.3 Å². The number of furan rings is 1. The zero-order valence-electron chi connectivity index (χ0n) is 13.3. The molecule has 0 unspecified atom stereocenters. The number of guanidine groups is 1. The van der Waals surface area contributed by atoms with Crippen molar-refractivity contribution >= 4 is 52.7 Å². The Morgan fingerprint density at radius 1 is 1.27 bits per heavy atom. The summed E-state index contributed by atoms with van der Waals surface area (Å²) < 4.78 is 5.89. The number of benzene rings is 1. The first-order chi connectivity index (χ1) is 10.3. The topological polar surface area (TPSA) is 49.6 Å². The molecule has 2 N–H and O–H groups in total. The Kier molecular flexibility index (Phi) is 8.70. The number of nitrogens with one attached hydrogen (secondary N) is 2. The van der Waals surface area contributed by atoms with Gasteiger partial charge in [-0.1, -0.05) is 18.2 Å². The second kappa shape index (κ2) is 9.99. The Morgan fingerprint density at radius 3 is 2.73 bits per heavy atom. The second-order valence-corrected chi connectivity index (χ2v) is 5.83. The van der Waals surface area contributed by atoms with Gasteiger partial charge in [0.05, 0.1) is 6.54 Å². The molecule has 0 aliphatic rings. The SMILES string of the molecule is CN=C(NCCCSC)NCc1oc2ccccc2c1C.I. The number of aliphatic imine (C=N–C) groups is 1. The van der Waals surface area contributed by atoms with Crippen molar-refractivity contribution in [2.45, 2.75) is 19.9 Å². The van der Waals surface area contributed by atoms with Gasteiger partial charge in [0.15, 0.2) is 5.96 Å². The van der Waals surface area contributed by atoms with Crippen molar-refractivity contribution < 1.29 is 4.42 Å². The maximum atomic E-state index is 5.89. The van der Waals surface area contributed by atoms with E-state index < -0.39 is 0 Å². The molecule has 0 amide bonds. The molecule has 122 valence electrons. The Morgan fingerprint density at radius 2 is 2.05 bits per heavy atom. The average Bonchev–Trinajstić information content (AvgIpc) is 2.83. The van der Waals surface area contributed by atoms with Crippen molar-refractivity contribution in [2.24, 2.45) is 4.99 Å². The van der Waals surface area contributed by atoms with E-state index in [1.807, 2.05) is 30.0 Å². The number of hydrogen-bond acceptors (Lipinski definition) is 3. The van der Waals surface area contributed by atoms with E-state index in [1.165, 1.54) is 10.9 Å². The average molecular weight is 433 g/mol. The molecule has 1 heterocycles. The minimum absolute atomic E-state index is 0. The van der Waals surface area contributed by atoms with Crippen molar-refractivity contribution in [3.8, 4) is 0 Å². The van der Waals surface area contributed by atoms with Crippen LogP contribution in [-0.4, -0.2) is 31.6 Å². The first kappa shape index (κ1) is 19.2. The maximum absolute atomic E-state index is 5.89. The van der Waals surface area contributed by atoms with E-state index in [2.05, 4.69) is 34.9 Å². The quantitative estimate of drug-likeness (QED) is 0.315. The number of para-hydroxylation sites is 1. The van der Waals surface area contributed by atoms with Crippen molar-refractivity contribution in [1.29, 1.82) is 0 Å². The number of rotatable bonds is 6. The van der Waals surface area contributed by atoms with Crippen molar-refractivity contribution in [3.05, 3.63) is 35.6 Å². The third-order valence-corrected chi connectivity index (χ3v) is 4.10. The number of aryl methyl sites for hydroxylation is 1. The molecule has 4 nitrogen and oxygen atoms in total. The first-order valence-corrected chi connectivity index (χ1v) is 8.56. The van der Waals surface area contributed by atoms with Gasteiger partial charge in [0, 0.05) is 24.5 Å². The lowest BCUT2D eigenvalue weighted by Gasteiger charge is -2.10. The molecule has 1 aromatic heterocycles. The van der Waals surface area contributed by atoms with E-state index in [1.54, 1.807) is 7.05 Å². The molecule has 0 aliphatic heterocycles. The summed E-state index contributed by atoms with van der Waals surface area (Å²) in [5.41, 5.74) is 2.13. The summed E-state index contributed by atoms with van der Waals surface area (Å²) >= 11 is 1.86. The fourth-order valence-electron chi connectivity index (χ4n) is 2.20. The zero-order valence-corrected chi connectivity index (χ0v) is 16.5. The largest absolute Gasteiger partial charge is 0.459 e. The number of nitrogens with zero attached hydrogens (tertiary/aromatic N) is 1. The van der Waals surface area contributed by atoms with Crippen molar-refractivity contribution in [1.82, 2.24) is 10.6 Å². The number of hydrogen-bond donors (Lipinski definition) is 2. The van der Waals surface area contributed by atoms with Crippen LogP contribution < -0.4 is 10.6 Å². The summed E-state index contributed by atoms with van der Waals surface area (Å²) in [4.78, 5) is 4.23. The fourth-order valence-corrected chi connectivity index (χ4v) is 2.63. The van der Waals surface area contributed by atoms with Gasteiger partial charge < -0.3 is 15.1 Å². The molecule has 0 atom stereocenters. The van der Waals surface area contributed by atoms with Crippen LogP contribution in [0.4, 0.5) is 0 Å². The summed E-state index contributed by atoms with van der Waals surface area (Å²) in [6.07, 6.45) is 3.25. The lowest BCUT2D eigenvalue weighted by Crippen LogP contribution is -2.37. The number of halogens is 1. The molecule has 2 aromatic rings. The van der Waals surface area contributed by atoms with Crippen LogP contribution in [0.5, 0.6) is 0 Å².